The topological polar surface area (TPSA) is 117 Å². The first-order valence-electron chi connectivity index (χ1n) is 7.42. The van der Waals surface area contributed by atoms with Crippen molar-refractivity contribution in [2.24, 2.45) is 0 Å². The lowest BCUT2D eigenvalue weighted by atomic mass is 10.2. The van der Waals surface area contributed by atoms with Crippen LogP contribution in [-0.2, 0) is 4.79 Å². The first-order chi connectivity index (χ1) is 12.0. The second kappa shape index (κ2) is 9.18. The monoisotopic (exact) mass is 456 g/mol. The van der Waals surface area contributed by atoms with Crippen molar-refractivity contribution in [1.29, 1.82) is 0 Å². The summed E-state index contributed by atoms with van der Waals surface area (Å²) in [4.78, 5) is 22.5. The molecule has 2 rings (SSSR count). The van der Waals surface area contributed by atoms with Gasteiger partial charge >= 0.3 is 0 Å². The van der Waals surface area contributed by atoms with E-state index in [0.717, 1.165) is 3.57 Å². The molecule has 132 valence electrons. The lowest BCUT2D eigenvalue weighted by molar-refractivity contribution is -0.384. The Kier molecular flexibility index (Phi) is 6.95. The molecule has 0 radical (unpaired) electrons. The summed E-state index contributed by atoms with van der Waals surface area (Å²) in [5.41, 5.74) is 1.60. The van der Waals surface area contributed by atoms with Gasteiger partial charge in [-0.2, -0.15) is 0 Å². The number of non-ortho nitro benzene ring substituents is 1. The zero-order valence-corrected chi connectivity index (χ0v) is 15.3. The molecule has 4 N–H and O–H groups in total. The van der Waals surface area contributed by atoms with Crippen molar-refractivity contribution < 1.29 is 14.8 Å². The summed E-state index contributed by atoms with van der Waals surface area (Å²) in [7, 11) is 0. The van der Waals surface area contributed by atoms with E-state index in [2.05, 4.69) is 38.5 Å². The number of halogens is 1. The predicted molar refractivity (Wildman–Crippen MR) is 105 cm³/mol. The van der Waals surface area contributed by atoms with Crippen molar-refractivity contribution in [3.05, 3.63) is 56.1 Å². The highest BCUT2D eigenvalue weighted by molar-refractivity contribution is 14.1. The lowest BCUT2D eigenvalue weighted by Gasteiger charge is -2.13. The lowest BCUT2D eigenvalue weighted by Crippen LogP contribution is -2.22. The van der Waals surface area contributed by atoms with E-state index in [1.54, 1.807) is 6.07 Å². The standard InChI is InChI=1S/C16H17IN4O4/c17-12-3-1-2-4-13(12)20-16(23)10-19-15-9-11(21(24)25)5-6-14(15)18-7-8-22/h1-6,9,18-19,22H,7-8,10H2,(H,20,23). The van der Waals surface area contributed by atoms with Gasteiger partial charge in [-0.25, -0.2) is 0 Å². The number of rotatable bonds is 8. The summed E-state index contributed by atoms with van der Waals surface area (Å²) in [6.07, 6.45) is 0. The summed E-state index contributed by atoms with van der Waals surface area (Å²) in [5, 5.41) is 28.5. The average molecular weight is 456 g/mol. The van der Waals surface area contributed by atoms with Gasteiger partial charge in [-0.05, 0) is 40.8 Å². The number of nitro groups is 1. The van der Waals surface area contributed by atoms with Gasteiger partial charge in [-0.1, -0.05) is 12.1 Å². The summed E-state index contributed by atoms with van der Waals surface area (Å²) >= 11 is 2.12. The summed E-state index contributed by atoms with van der Waals surface area (Å²) in [5.74, 6) is -0.274. The molecule has 0 heterocycles. The van der Waals surface area contributed by atoms with Crippen LogP contribution in [0.15, 0.2) is 42.5 Å². The number of nitrogens with one attached hydrogen (secondary N) is 3. The maximum atomic E-state index is 12.1. The van der Waals surface area contributed by atoms with E-state index in [1.807, 2.05) is 18.2 Å². The molecule has 9 heteroatoms. The number of anilines is 3. The number of carbonyl (C=O) groups is 1. The molecule has 25 heavy (non-hydrogen) atoms. The number of nitrogens with zero attached hydrogens (tertiary/aromatic N) is 1. The molecule has 0 fully saturated rings. The van der Waals surface area contributed by atoms with Crippen LogP contribution in [0.5, 0.6) is 0 Å². The molecule has 2 aromatic rings. The highest BCUT2D eigenvalue weighted by Gasteiger charge is 2.12. The number of carbonyl (C=O) groups excluding carboxylic acids is 1. The maximum Gasteiger partial charge on any atom is 0.271 e. The fraction of sp³-hybridized carbons (Fsp3) is 0.188. The minimum absolute atomic E-state index is 0.0556. The SMILES string of the molecule is O=C(CNc1cc([N+](=O)[O-])ccc1NCCO)Nc1ccccc1I. The molecule has 0 atom stereocenters. The first kappa shape index (κ1) is 18.9. The van der Waals surface area contributed by atoms with Gasteiger partial charge in [0.2, 0.25) is 5.91 Å². The van der Waals surface area contributed by atoms with Gasteiger partial charge < -0.3 is 21.1 Å². The molecule has 8 nitrogen and oxygen atoms in total. The molecule has 0 aliphatic carbocycles. The Morgan fingerprint density at radius 3 is 2.56 bits per heavy atom. The third-order valence-corrected chi connectivity index (χ3v) is 4.17. The van der Waals surface area contributed by atoms with Crippen molar-refractivity contribution in [2.75, 3.05) is 35.6 Å². The Labute approximate surface area is 157 Å². The predicted octanol–water partition coefficient (Wildman–Crippen LogP) is 2.65. The molecule has 1 amide bonds. The summed E-state index contributed by atoms with van der Waals surface area (Å²) < 4.78 is 0.911. The quantitative estimate of drug-likeness (QED) is 0.276. The summed E-state index contributed by atoms with van der Waals surface area (Å²) in [6.45, 7) is 0.157. The molecule has 0 spiro atoms. The van der Waals surface area contributed by atoms with Gasteiger partial charge in [0, 0.05) is 22.2 Å². The van der Waals surface area contributed by atoms with Crippen LogP contribution in [0.25, 0.3) is 0 Å². The van der Waals surface area contributed by atoms with E-state index in [-0.39, 0.29) is 24.7 Å². The fourth-order valence-corrected chi connectivity index (χ4v) is 2.59. The minimum atomic E-state index is -0.507. The number of amides is 1. The average Bonchev–Trinajstić information content (AvgIpc) is 2.60. The van der Waals surface area contributed by atoms with E-state index in [9.17, 15) is 14.9 Å². The van der Waals surface area contributed by atoms with E-state index >= 15 is 0 Å². The second-order valence-electron chi connectivity index (χ2n) is 5.02. The second-order valence-corrected chi connectivity index (χ2v) is 6.18. The Bertz CT molecular complexity index is 770. The van der Waals surface area contributed by atoms with Crippen molar-refractivity contribution in [3.8, 4) is 0 Å². The molecule has 0 aliphatic heterocycles. The summed E-state index contributed by atoms with van der Waals surface area (Å²) in [6, 6.07) is 11.6. The van der Waals surface area contributed by atoms with E-state index in [4.69, 9.17) is 5.11 Å². The molecule has 0 aliphatic rings. The van der Waals surface area contributed by atoms with Crippen LogP contribution in [0.3, 0.4) is 0 Å². The Hall–Kier alpha value is -2.40. The van der Waals surface area contributed by atoms with Crippen LogP contribution in [0.1, 0.15) is 0 Å². The van der Waals surface area contributed by atoms with Crippen LogP contribution in [-0.4, -0.2) is 35.6 Å². The molecule has 0 bridgehead atoms. The van der Waals surface area contributed by atoms with Gasteiger partial charge in [0.1, 0.15) is 0 Å². The van der Waals surface area contributed by atoms with Crippen LogP contribution in [0.4, 0.5) is 22.7 Å². The molecular weight excluding hydrogens is 439 g/mol. The van der Waals surface area contributed by atoms with E-state index < -0.39 is 4.92 Å². The van der Waals surface area contributed by atoms with Crippen LogP contribution in [0.2, 0.25) is 0 Å². The highest BCUT2D eigenvalue weighted by atomic mass is 127. The van der Waals surface area contributed by atoms with Gasteiger partial charge in [0.15, 0.2) is 0 Å². The van der Waals surface area contributed by atoms with Gasteiger partial charge in [0.25, 0.3) is 5.69 Å². The van der Waals surface area contributed by atoms with Crippen molar-refractivity contribution in [1.82, 2.24) is 0 Å². The Balaban J connectivity index is 2.07. The van der Waals surface area contributed by atoms with Gasteiger partial charge in [-0.15, -0.1) is 0 Å². The first-order valence-corrected chi connectivity index (χ1v) is 8.50. The van der Waals surface area contributed by atoms with Crippen molar-refractivity contribution in [2.45, 2.75) is 0 Å². The van der Waals surface area contributed by atoms with Crippen molar-refractivity contribution >= 4 is 51.2 Å². The van der Waals surface area contributed by atoms with Crippen LogP contribution >= 0.6 is 22.6 Å². The minimum Gasteiger partial charge on any atom is -0.395 e. The molecule has 0 saturated heterocycles. The Morgan fingerprint density at radius 2 is 1.88 bits per heavy atom. The number of aliphatic hydroxyl groups excluding tert-OH is 1. The zero-order chi connectivity index (χ0) is 18.2. The Morgan fingerprint density at radius 1 is 1.12 bits per heavy atom. The highest BCUT2D eigenvalue weighted by Crippen LogP contribution is 2.27. The third-order valence-electron chi connectivity index (χ3n) is 3.23. The largest absolute Gasteiger partial charge is 0.395 e. The van der Waals surface area contributed by atoms with E-state index in [0.29, 0.717) is 23.6 Å². The number of benzene rings is 2. The van der Waals surface area contributed by atoms with Crippen LogP contribution < -0.4 is 16.0 Å². The maximum absolute atomic E-state index is 12.1. The molecule has 0 saturated carbocycles. The van der Waals surface area contributed by atoms with Crippen LogP contribution in [0, 0.1) is 13.7 Å². The molecule has 2 aromatic carbocycles. The van der Waals surface area contributed by atoms with Gasteiger partial charge in [0.05, 0.1) is 35.1 Å². The third kappa shape index (κ3) is 5.57. The molecular formula is C16H17IN4O4. The smallest absolute Gasteiger partial charge is 0.271 e. The number of hydrogen-bond acceptors (Lipinski definition) is 6. The fourth-order valence-electron chi connectivity index (χ4n) is 2.07. The number of nitro benzene ring substituents is 1. The van der Waals surface area contributed by atoms with Gasteiger partial charge in [-0.3, -0.25) is 14.9 Å². The van der Waals surface area contributed by atoms with E-state index in [1.165, 1.54) is 18.2 Å². The number of hydrogen-bond donors (Lipinski definition) is 4. The normalized spacial score (nSPS) is 10.2. The number of para-hydroxylation sites is 1. The zero-order valence-electron chi connectivity index (χ0n) is 13.2. The van der Waals surface area contributed by atoms with Crippen molar-refractivity contribution in [3.63, 3.8) is 0 Å². The molecule has 0 aromatic heterocycles. The number of aliphatic hydroxyl groups is 1. The molecule has 0 unspecified atom stereocenters.